The molecule has 0 atom stereocenters. The van der Waals surface area contributed by atoms with Crippen molar-refractivity contribution in [3.05, 3.63) is 59.4 Å². The Morgan fingerprint density at radius 1 is 1.00 bits per heavy atom. The number of carboxylic acid groups (broad SMARTS) is 1. The number of aromatic carboxylic acids is 1. The van der Waals surface area contributed by atoms with Crippen molar-refractivity contribution in [1.29, 1.82) is 0 Å². The van der Waals surface area contributed by atoms with Crippen molar-refractivity contribution < 1.29 is 27.5 Å². The van der Waals surface area contributed by atoms with Crippen LogP contribution in [0.25, 0.3) is 0 Å². The highest BCUT2D eigenvalue weighted by Crippen LogP contribution is 2.33. The zero-order chi connectivity index (χ0) is 15.6. The van der Waals surface area contributed by atoms with E-state index in [-0.39, 0.29) is 0 Å². The molecule has 0 unspecified atom stereocenters. The highest BCUT2D eigenvalue weighted by Gasteiger charge is 2.29. The Morgan fingerprint density at radius 2 is 1.57 bits per heavy atom. The van der Waals surface area contributed by atoms with Crippen LogP contribution in [0, 0.1) is 5.82 Å². The molecule has 0 aliphatic rings. The molecule has 0 aliphatic heterocycles. The number of carbonyl (C=O) groups is 1. The second-order valence-corrected chi connectivity index (χ2v) is 5.22. The summed E-state index contributed by atoms with van der Waals surface area (Å²) in [5.74, 6) is -2.26. The summed E-state index contributed by atoms with van der Waals surface area (Å²) in [6.07, 6.45) is -4.41. The molecule has 0 amide bonds. The maximum Gasteiger partial charge on any atom is 0.416 e. The van der Waals surface area contributed by atoms with Crippen LogP contribution >= 0.6 is 11.8 Å². The van der Waals surface area contributed by atoms with Crippen LogP contribution in [0.4, 0.5) is 17.6 Å². The van der Waals surface area contributed by atoms with Gasteiger partial charge in [-0.3, -0.25) is 0 Å². The smallest absolute Gasteiger partial charge is 0.416 e. The predicted molar refractivity (Wildman–Crippen MR) is 68.9 cm³/mol. The van der Waals surface area contributed by atoms with Gasteiger partial charge in [-0.1, -0.05) is 11.8 Å². The van der Waals surface area contributed by atoms with Crippen LogP contribution in [-0.4, -0.2) is 11.1 Å². The molecule has 110 valence electrons. The fraction of sp³-hybridized carbons (Fsp3) is 0.0714. The van der Waals surface area contributed by atoms with Crippen molar-refractivity contribution in [2.75, 3.05) is 0 Å². The summed E-state index contributed by atoms with van der Waals surface area (Å²) in [5, 5.41) is 8.81. The average molecular weight is 316 g/mol. The molecule has 0 bridgehead atoms. The molecule has 0 radical (unpaired) electrons. The van der Waals surface area contributed by atoms with E-state index in [9.17, 15) is 22.4 Å². The Bertz CT molecular complexity index is 666. The van der Waals surface area contributed by atoms with Gasteiger partial charge in [0.15, 0.2) is 0 Å². The molecule has 0 aromatic heterocycles. The average Bonchev–Trinajstić information content (AvgIpc) is 2.40. The van der Waals surface area contributed by atoms with Crippen LogP contribution in [0.15, 0.2) is 52.3 Å². The van der Waals surface area contributed by atoms with Gasteiger partial charge in [0.05, 0.1) is 11.1 Å². The van der Waals surface area contributed by atoms with Gasteiger partial charge in [0, 0.05) is 9.79 Å². The monoisotopic (exact) mass is 316 g/mol. The normalized spacial score (nSPS) is 11.4. The SMILES string of the molecule is O=C(O)c1cc(Sc2ccc(C(F)(F)F)cc2)ccc1F. The summed E-state index contributed by atoms with van der Waals surface area (Å²) in [6.45, 7) is 0. The van der Waals surface area contributed by atoms with Crippen LogP contribution in [0.2, 0.25) is 0 Å². The van der Waals surface area contributed by atoms with Crippen molar-refractivity contribution in [3.63, 3.8) is 0 Å². The molecule has 0 fully saturated rings. The Hall–Kier alpha value is -2.02. The molecule has 2 aromatic rings. The van der Waals surface area contributed by atoms with E-state index in [1.165, 1.54) is 18.2 Å². The van der Waals surface area contributed by atoms with Crippen LogP contribution in [0.3, 0.4) is 0 Å². The first-order chi connectivity index (χ1) is 9.77. The van der Waals surface area contributed by atoms with Gasteiger partial charge in [0.1, 0.15) is 5.82 Å². The van der Waals surface area contributed by atoms with Crippen molar-refractivity contribution in [2.45, 2.75) is 16.0 Å². The van der Waals surface area contributed by atoms with Gasteiger partial charge in [-0.15, -0.1) is 0 Å². The summed E-state index contributed by atoms with van der Waals surface area (Å²) in [7, 11) is 0. The lowest BCUT2D eigenvalue weighted by molar-refractivity contribution is -0.137. The van der Waals surface area contributed by atoms with Crippen LogP contribution in [0.1, 0.15) is 15.9 Å². The van der Waals surface area contributed by atoms with E-state index in [1.807, 2.05) is 0 Å². The molecule has 0 heterocycles. The highest BCUT2D eigenvalue weighted by atomic mass is 32.2. The van der Waals surface area contributed by atoms with E-state index in [1.54, 1.807) is 0 Å². The first kappa shape index (κ1) is 15.4. The molecule has 21 heavy (non-hydrogen) atoms. The number of halogens is 4. The minimum absolute atomic E-state index is 0.425. The van der Waals surface area contributed by atoms with Gasteiger partial charge in [-0.25, -0.2) is 9.18 Å². The quantitative estimate of drug-likeness (QED) is 0.834. The van der Waals surface area contributed by atoms with Gasteiger partial charge in [0.2, 0.25) is 0 Å². The van der Waals surface area contributed by atoms with E-state index in [0.717, 1.165) is 36.0 Å². The van der Waals surface area contributed by atoms with Gasteiger partial charge in [-0.2, -0.15) is 13.2 Å². The molecular weight excluding hydrogens is 308 g/mol. The molecule has 0 saturated heterocycles. The maximum absolute atomic E-state index is 13.2. The fourth-order valence-corrected chi connectivity index (χ4v) is 2.44. The summed E-state index contributed by atoms with van der Waals surface area (Å²) in [6, 6.07) is 7.93. The zero-order valence-electron chi connectivity index (χ0n) is 10.3. The fourth-order valence-electron chi connectivity index (χ4n) is 1.58. The van der Waals surface area contributed by atoms with Gasteiger partial charge < -0.3 is 5.11 Å². The Balaban J connectivity index is 2.22. The summed E-state index contributed by atoms with van der Waals surface area (Å²) < 4.78 is 50.5. The zero-order valence-corrected chi connectivity index (χ0v) is 11.1. The third-order valence-electron chi connectivity index (χ3n) is 2.59. The number of carboxylic acids is 1. The molecule has 2 nitrogen and oxygen atoms in total. The lowest BCUT2D eigenvalue weighted by Gasteiger charge is -2.08. The topological polar surface area (TPSA) is 37.3 Å². The minimum atomic E-state index is -4.41. The van der Waals surface area contributed by atoms with Crippen molar-refractivity contribution >= 4 is 17.7 Å². The molecule has 1 N–H and O–H groups in total. The summed E-state index contributed by atoms with van der Waals surface area (Å²) in [5.41, 5.74) is -1.25. The lowest BCUT2D eigenvalue weighted by atomic mass is 10.2. The summed E-state index contributed by atoms with van der Waals surface area (Å²) >= 11 is 1.05. The number of hydrogen-bond donors (Lipinski definition) is 1. The van der Waals surface area contributed by atoms with E-state index < -0.39 is 29.1 Å². The molecule has 2 rings (SSSR count). The third-order valence-corrected chi connectivity index (χ3v) is 3.58. The van der Waals surface area contributed by atoms with Crippen molar-refractivity contribution in [3.8, 4) is 0 Å². The van der Waals surface area contributed by atoms with Crippen LogP contribution < -0.4 is 0 Å². The molecular formula is C14H8F4O2S. The Kier molecular flexibility index (Phi) is 4.22. The molecule has 0 spiro atoms. The molecule has 0 aliphatic carbocycles. The number of alkyl halides is 3. The largest absolute Gasteiger partial charge is 0.478 e. The van der Waals surface area contributed by atoms with Gasteiger partial charge >= 0.3 is 12.1 Å². The van der Waals surface area contributed by atoms with E-state index in [4.69, 9.17) is 5.11 Å². The van der Waals surface area contributed by atoms with Crippen molar-refractivity contribution in [1.82, 2.24) is 0 Å². The Labute approximate surface area is 121 Å². The van der Waals surface area contributed by atoms with Gasteiger partial charge in [-0.05, 0) is 42.5 Å². The van der Waals surface area contributed by atoms with E-state index >= 15 is 0 Å². The van der Waals surface area contributed by atoms with Crippen LogP contribution in [-0.2, 0) is 6.18 Å². The second-order valence-electron chi connectivity index (χ2n) is 4.07. The number of rotatable bonds is 3. The minimum Gasteiger partial charge on any atom is -0.478 e. The van der Waals surface area contributed by atoms with Crippen LogP contribution in [0.5, 0.6) is 0 Å². The first-order valence-corrected chi connectivity index (χ1v) is 6.47. The van der Waals surface area contributed by atoms with E-state index in [0.29, 0.717) is 9.79 Å². The second kappa shape index (κ2) is 5.77. The standard InChI is InChI=1S/C14H8F4O2S/c15-12-6-5-10(7-11(12)13(19)20)21-9-3-1-8(2-4-9)14(16,17)18/h1-7H,(H,19,20). The highest BCUT2D eigenvalue weighted by molar-refractivity contribution is 7.99. The molecule has 2 aromatic carbocycles. The lowest BCUT2D eigenvalue weighted by Crippen LogP contribution is -2.03. The third kappa shape index (κ3) is 3.75. The maximum atomic E-state index is 13.2. The summed E-state index contributed by atoms with van der Waals surface area (Å²) in [4.78, 5) is 11.7. The Morgan fingerprint density at radius 3 is 2.10 bits per heavy atom. The van der Waals surface area contributed by atoms with E-state index in [2.05, 4.69) is 0 Å². The first-order valence-electron chi connectivity index (χ1n) is 5.65. The van der Waals surface area contributed by atoms with Gasteiger partial charge in [0.25, 0.3) is 0 Å². The number of benzene rings is 2. The number of hydrogen-bond acceptors (Lipinski definition) is 2. The molecule has 7 heteroatoms. The molecule has 0 saturated carbocycles. The predicted octanol–water partition coefficient (Wildman–Crippen LogP) is 4.69. The van der Waals surface area contributed by atoms with Crippen molar-refractivity contribution in [2.24, 2.45) is 0 Å².